The number of rotatable bonds is 3. The maximum atomic E-state index is 10.7. The Kier molecular flexibility index (Phi) is 3.54. The van der Waals surface area contributed by atoms with Gasteiger partial charge < -0.3 is 5.11 Å². The van der Waals surface area contributed by atoms with E-state index in [0.717, 1.165) is 28.3 Å². The minimum absolute atomic E-state index is 0.731. The smallest absolute Gasteiger partial charge is 0.123 e. The van der Waals surface area contributed by atoms with Gasteiger partial charge in [-0.05, 0) is 38.1 Å². The van der Waals surface area contributed by atoms with Crippen molar-refractivity contribution >= 4 is 0 Å². The van der Waals surface area contributed by atoms with Crippen molar-refractivity contribution in [3.05, 3.63) is 77.4 Å². The van der Waals surface area contributed by atoms with Crippen LogP contribution < -0.4 is 0 Å². The summed E-state index contributed by atoms with van der Waals surface area (Å²) in [5, 5.41) is 15.0. The van der Waals surface area contributed by atoms with Gasteiger partial charge in [-0.2, -0.15) is 5.10 Å². The lowest BCUT2D eigenvalue weighted by Crippen LogP contribution is -2.10. The standard InChI is InChI=1S/C17H17N3O/c1-12-8-9-15(13(2)19-12)17(21)16-10-11-18-20(16)14-6-4-3-5-7-14/h3-11,17,21H,1-2H3. The average Bonchev–Trinajstić information content (AvgIpc) is 2.97. The molecule has 0 saturated carbocycles. The summed E-state index contributed by atoms with van der Waals surface area (Å²) in [6, 6.07) is 15.4. The van der Waals surface area contributed by atoms with Gasteiger partial charge in [0.15, 0.2) is 0 Å². The van der Waals surface area contributed by atoms with Crippen LogP contribution in [0.4, 0.5) is 0 Å². The predicted molar refractivity (Wildman–Crippen MR) is 81.3 cm³/mol. The Labute approximate surface area is 123 Å². The van der Waals surface area contributed by atoms with E-state index >= 15 is 0 Å². The molecule has 0 spiro atoms. The molecule has 4 nitrogen and oxygen atoms in total. The molecule has 1 unspecified atom stereocenters. The maximum Gasteiger partial charge on any atom is 0.123 e. The first kappa shape index (κ1) is 13.5. The molecule has 2 heterocycles. The van der Waals surface area contributed by atoms with Crippen LogP contribution in [0.5, 0.6) is 0 Å². The Bertz CT molecular complexity index is 750. The first-order valence-electron chi connectivity index (χ1n) is 6.88. The van der Waals surface area contributed by atoms with Crippen LogP contribution >= 0.6 is 0 Å². The van der Waals surface area contributed by atoms with Crippen LogP contribution in [0.3, 0.4) is 0 Å². The van der Waals surface area contributed by atoms with Crippen molar-refractivity contribution in [2.75, 3.05) is 0 Å². The molecule has 4 heteroatoms. The first-order valence-corrected chi connectivity index (χ1v) is 6.88. The van der Waals surface area contributed by atoms with Crippen LogP contribution in [-0.2, 0) is 0 Å². The van der Waals surface area contributed by atoms with Crippen LogP contribution in [0.1, 0.15) is 28.7 Å². The molecule has 3 rings (SSSR count). The SMILES string of the molecule is Cc1ccc(C(O)c2ccnn2-c2ccccc2)c(C)n1. The van der Waals surface area contributed by atoms with Crippen molar-refractivity contribution < 1.29 is 5.11 Å². The van der Waals surface area contributed by atoms with E-state index in [1.807, 2.05) is 62.4 Å². The number of benzene rings is 1. The third kappa shape index (κ3) is 2.58. The Balaban J connectivity index is 2.03. The third-order valence-electron chi connectivity index (χ3n) is 3.51. The fourth-order valence-corrected chi connectivity index (χ4v) is 2.45. The van der Waals surface area contributed by atoms with Crippen LogP contribution in [0, 0.1) is 13.8 Å². The van der Waals surface area contributed by atoms with E-state index in [4.69, 9.17) is 0 Å². The number of aliphatic hydroxyl groups excluding tert-OH is 1. The summed E-state index contributed by atoms with van der Waals surface area (Å²) in [4.78, 5) is 4.42. The molecular formula is C17H17N3O. The van der Waals surface area contributed by atoms with Crippen molar-refractivity contribution in [1.82, 2.24) is 14.8 Å². The monoisotopic (exact) mass is 279 g/mol. The van der Waals surface area contributed by atoms with E-state index in [0.29, 0.717) is 0 Å². The Hall–Kier alpha value is -2.46. The van der Waals surface area contributed by atoms with Crippen LogP contribution in [0.25, 0.3) is 5.69 Å². The molecule has 2 aromatic heterocycles. The summed E-state index contributed by atoms with van der Waals surface area (Å²) in [6.07, 6.45) is 0.948. The zero-order valence-electron chi connectivity index (χ0n) is 12.1. The van der Waals surface area contributed by atoms with Gasteiger partial charge in [-0.3, -0.25) is 4.98 Å². The second-order valence-corrected chi connectivity index (χ2v) is 5.03. The van der Waals surface area contributed by atoms with Gasteiger partial charge in [-0.1, -0.05) is 24.3 Å². The highest BCUT2D eigenvalue weighted by molar-refractivity contribution is 5.36. The number of pyridine rings is 1. The average molecular weight is 279 g/mol. The minimum Gasteiger partial charge on any atom is -0.382 e. The summed E-state index contributed by atoms with van der Waals surface area (Å²) >= 11 is 0. The van der Waals surface area contributed by atoms with E-state index < -0.39 is 6.10 Å². The predicted octanol–water partition coefficient (Wildman–Crippen LogP) is 2.97. The summed E-state index contributed by atoms with van der Waals surface area (Å²) in [6.45, 7) is 3.85. The topological polar surface area (TPSA) is 50.9 Å². The van der Waals surface area contributed by atoms with Gasteiger partial charge in [-0.15, -0.1) is 0 Å². The number of nitrogens with zero attached hydrogens (tertiary/aromatic N) is 3. The molecule has 0 aliphatic rings. The normalized spacial score (nSPS) is 12.3. The first-order chi connectivity index (χ1) is 10.2. The van der Waals surface area contributed by atoms with Crippen molar-refractivity contribution in [3.8, 4) is 5.69 Å². The Morgan fingerprint density at radius 1 is 1.00 bits per heavy atom. The van der Waals surface area contributed by atoms with Crippen molar-refractivity contribution in [1.29, 1.82) is 0 Å². The molecule has 1 aromatic carbocycles. The van der Waals surface area contributed by atoms with E-state index in [1.165, 1.54) is 0 Å². The molecule has 1 atom stereocenters. The molecule has 106 valence electrons. The highest BCUT2D eigenvalue weighted by Gasteiger charge is 2.18. The maximum absolute atomic E-state index is 10.7. The van der Waals surface area contributed by atoms with Crippen molar-refractivity contribution in [2.24, 2.45) is 0 Å². The van der Waals surface area contributed by atoms with Gasteiger partial charge in [0.2, 0.25) is 0 Å². The molecule has 1 N–H and O–H groups in total. The molecule has 0 saturated heterocycles. The summed E-state index contributed by atoms with van der Waals surface area (Å²) < 4.78 is 1.75. The highest BCUT2D eigenvalue weighted by atomic mass is 16.3. The van der Waals surface area contributed by atoms with E-state index in [9.17, 15) is 5.11 Å². The number of aromatic nitrogens is 3. The fraction of sp³-hybridized carbons (Fsp3) is 0.176. The van der Waals surface area contributed by atoms with Crippen LogP contribution in [0.2, 0.25) is 0 Å². The minimum atomic E-state index is -0.749. The number of hydrogen-bond acceptors (Lipinski definition) is 3. The molecular weight excluding hydrogens is 262 g/mol. The van der Waals surface area contributed by atoms with Gasteiger partial charge in [0.25, 0.3) is 0 Å². The second kappa shape index (κ2) is 5.50. The lowest BCUT2D eigenvalue weighted by atomic mass is 10.0. The van der Waals surface area contributed by atoms with Gasteiger partial charge >= 0.3 is 0 Å². The zero-order valence-corrected chi connectivity index (χ0v) is 12.1. The lowest BCUT2D eigenvalue weighted by Gasteiger charge is -2.15. The van der Waals surface area contributed by atoms with Crippen molar-refractivity contribution in [2.45, 2.75) is 20.0 Å². The number of aryl methyl sites for hydroxylation is 2. The number of hydrogen-bond donors (Lipinski definition) is 1. The largest absolute Gasteiger partial charge is 0.382 e. The molecule has 0 aliphatic heterocycles. The van der Waals surface area contributed by atoms with Gasteiger partial charge in [0.05, 0.1) is 11.4 Å². The summed E-state index contributed by atoms with van der Waals surface area (Å²) in [5.41, 5.74) is 4.24. The van der Waals surface area contributed by atoms with Gasteiger partial charge in [0, 0.05) is 23.1 Å². The third-order valence-corrected chi connectivity index (χ3v) is 3.51. The molecule has 3 aromatic rings. The summed E-state index contributed by atoms with van der Waals surface area (Å²) in [7, 11) is 0. The zero-order chi connectivity index (χ0) is 14.8. The lowest BCUT2D eigenvalue weighted by molar-refractivity contribution is 0.210. The van der Waals surface area contributed by atoms with Gasteiger partial charge in [0.1, 0.15) is 6.10 Å². The van der Waals surface area contributed by atoms with E-state index in [1.54, 1.807) is 10.9 Å². The van der Waals surface area contributed by atoms with Gasteiger partial charge in [-0.25, -0.2) is 4.68 Å². The molecule has 0 fully saturated rings. The number of aliphatic hydroxyl groups is 1. The highest BCUT2D eigenvalue weighted by Crippen LogP contribution is 2.25. The van der Waals surface area contributed by atoms with E-state index in [2.05, 4.69) is 10.1 Å². The van der Waals surface area contributed by atoms with E-state index in [-0.39, 0.29) is 0 Å². The van der Waals surface area contributed by atoms with Crippen molar-refractivity contribution in [3.63, 3.8) is 0 Å². The second-order valence-electron chi connectivity index (χ2n) is 5.03. The molecule has 0 amide bonds. The fourth-order valence-electron chi connectivity index (χ4n) is 2.45. The Morgan fingerprint density at radius 3 is 2.48 bits per heavy atom. The molecule has 0 radical (unpaired) electrons. The number of para-hydroxylation sites is 1. The molecule has 21 heavy (non-hydrogen) atoms. The quantitative estimate of drug-likeness (QED) is 0.802. The van der Waals surface area contributed by atoms with Crippen LogP contribution in [0.15, 0.2) is 54.7 Å². The summed E-state index contributed by atoms with van der Waals surface area (Å²) in [5.74, 6) is 0. The van der Waals surface area contributed by atoms with Crippen LogP contribution in [-0.4, -0.2) is 19.9 Å². The molecule has 0 bridgehead atoms. The Morgan fingerprint density at radius 2 is 1.76 bits per heavy atom. The molecule has 0 aliphatic carbocycles.